The molecule has 0 aromatic heterocycles. The van der Waals surface area contributed by atoms with Gasteiger partial charge in [0, 0.05) is 38.8 Å². The molecule has 164 valence electrons. The molecule has 0 radical (unpaired) electrons. The van der Waals surface area contributed by atoms with Crippen molar-refractivity contribution < 1.29 is 14.3 Å². The maximum absolute atomic E-state index is 13.6. The van der Waals surface area contributed by atoms with Crippen LogP contribution in [-0.4, -0.2) is 18.4 Å². The van der Waals surface area contributed by atoms with Crippen molar-refractivity contribution >= 4 is 45.0 Å². The molecule has 3 aliphatic rings. The molecule has 6 heteroatoms. The van der Waals surface area contributed by atoms with Crippen molar-refractivity contribution in [2.75, 3.05) is 11.5 Å². The van der Waals surface area contributed by atoms with E-state index in [-0.39, 0.29) is 23.8 Å². The van der Waals surface area contributed by atoms with Crippen LogP contribution in [0.4, 0.5) is 5.69 Å². The Morgan fingerprint density at radius 1 is 1.03 bits per heavy atom. The predicted octanol–water partition coefficient (Wildman–Crippen LogP) is 6.47. The molecular weight excluding hydrogens is 490 g/mol. The third kappa shape index (κ3) is 3.43. The summed E-state index contributed by atoms with van der Waals surface area (Å²) in [6, 6.07) is 13.7. The zero-order valence-electron chi connectivity index (χ0n) is 18.2. The van der Waals surface area contributed by atoms with E-state index in [1.807, 2.05) is 49.4 Å². The first-order valence-corrected chi connectivity index (χ1v) is 11.8. The number of cyclic esters (lactones) is 1. The van der Waals surface area contributed by atoms with Crippen molar-refractivity contribution in [2.24, 2.45) is 5.41 Å². The lowest BCUT2D eigenvalue weighted by Gasteiger charge is -2.43. The fourth-order valence-corrected chi connectivity index (χ4v) is 5.47. The van der Waals surface area contributed by atoms with Crippen LogP contribution in [0.25, 0.3) is 0 Å². The largest absolute Gasteiger partial charge is 0.456 e. The molecule has 4 nitrogen and oxygen atoms in total. The van der Waals surface area contributed by atoms with Gasteiger partial charge in [-0.1, -0.05) is 59.6 Å². The molecule has 0 spiro atoms. The number of carbonyl (C=O) groups excluding carboxylic acids is 2. The van der Waals surface area contributed by atoms with Crippen LogP contribution in [0, 0.1) is 12.3 Å². The molecule has 1 atom stereocenters. The summed E-state index contributed by atoms with van der Waals surface area (Å²) in [4.78, 5) is 28.6. The van der Waals surface area contributed by atoms with E-state index in [2.05, 4.69) is 34.7 Å². The van der Waals surface area contributed by atoms with E-state index in [0.717, 1.165) is 39.1 Å². The average molecular weight is 513 g/mol. The van der Waals surface area contributed by atoms with Gasteiger partial charge >= 0.3 is 5.97 Å². The summed E-state index contributed by atoms with van der Waals surface area (Å²) >= 11 is 9.96. The molecular formula is C26H23BrClNO3. The van der Waals surface area contributed by atoms with Crippen molar-refractivity contribution in [3.63, 3.8) is 0 Å². The van der Waals surface area contributed by atoms with Gasteiger partial charge in [0.15, 0.2) is 5.78 Å². The molecule has 32 heavy (non-hydrogen) atoms. The Morgan fingerprint density at radius 3 is 2.44 bits per heavy atom. The predicted molar refractivity (Wildman–Crippen MR) is 129 cm³/mol. The quantitative estimate of drug-likeness (QED) is 0.433. The van der Waals surface area contributed by atoms with Gasteiger partial charge in [-0.25, -0.2) is 4.79 Å². The number of aryl methyl sites for hydroxylation is 1. The van der Waals surface area contributed by atoms with Crippen molar-refractivity contribution in [2.45, 2.75) is 39.5 Å². The summed E-state index contributed by atoms with van der Waals surface area (Å²) in [7, 11) is 0. The van der Waals surface area contributed by atoms with Gasteiger partial charge in [-0.15, -0.1) is 0 Å². The minimum absolute atomic E-state index is 0.0821. The number of hydrogen-bond acceptors (Lipinski definition) is 4. The summed E-state index contributed by atoms with van der Waals surface area (Å²) in [5, 5.41) is 0.647. The number of anilines is 1. The van der Waals surface area contributed by atoms with Crippen LogP contribution in [0.1, 0.15) is 43.7 Å². The van der Waals surface area contributed by atoms with E-state index in [1.54, 1.807) is 0 Å². The number of ether oxygens (including phenoxy) is 1. The van der Waals surface area contributed by atoms with Gasteiger partial charge in [-0.3, -0.25) is 4.79 Å². The molecule has 1 unspecified atom stereocenters. The fourth-order valence-electron chi connectivity index (χ4n) is 5.03. The minimum Gasteiger partial charge on any atom is -0.456 e. The lowest BCUT2D eigenvalue weighted by atomic mass is 9.68. The topological polar surface area (TPSA) is 46.6 Å². The lowest BCUT2D eigenvalue weighted by molar-refractivity contribution is -0.136. The SMILES string of the molecule is Cc1ccc(N2C3=C(C(=O)CC(C)(C)C3)C(c3ccc(Br)cc3)C3=C2COC3=O)cc1Cl. The fraction of sp³-hybridized carbons (Fsp3) is 0.308. The molecule has 2 aliphatic heterocycles. The zero-order chi connectivity index (χ0) is 22.8. The van der Waals surface area contributed by atoms with Crippen molar-refractivity contribution in [3.05, 3.63) is 85.6 Å². The highest BCUT2D eigenvalue weighted by atomic mass is 79.9. The summed E-state index contributed by atoms with van der Waals surface area (Å²) in [6.07, 6.45) is 1.16. The molecule has 2 heterocycles. The summed E-state index contributed by atoms with van der Waals surface area (Å²) in [5.74, 6) is -0.706. The molecule has 0 N–H and O–H groups in total. The maximum atomic E-state index is 13.6. The van der Waals surface area contributed by atoms with E-state index < -0.39 is 5.92 Å². The first-order chi connectivity index (χ1) is 15.2. The molecule has 0 amide bonds. The molecule has 0 fully saturated rings. The number of esters is 1. The first-order valence-electron chi connectivity index (χ1n) is 10.6. The van der Waals surface area contributed by atoms with E-state index >= 15 is 0 Å². The van der Waals surface area contributed by atoms with E-state index in [4.69, 9.17) is 16.3 Å². The van der Waals surface area contributed by atoms with Crippen LogP contribution in [0.5, 0.6) is 0 Å². The Balaban J connectivity index is 1.79. The van der Waals surface area contributed by atoms with Gasteiger partial charge in [0.1, 0.15) is 6.61 Å². The van der Waals surface area contributed by atoms with E-state index in [1.165, 1.54) is 0 Å². The van der Waals surface area contributed by atoms with Gasteiger partial charge in [0.2, 0.25) is 0 Å². The monoisotopic (exact) mass is 511 g/mol. The Labute approximate surface area is 201 Å². The van der Waals surface area contributed by atoms with Gasteiger partial charge < -0.3 is 9.64 Å². The standard InChI is InChI=1S/C26H23BrClNO3/c1-14-4-9-17(10-18(14)28)29-19-11-26(2,3)12-21(30)23(19)22(15-5-7-16(27)8-6-15)24-20(29)13-32-25(24)31/h4-10,22H,11-13H2,1-3H3. The molecule has 0 saturated carbocycles. The van der Waals surface area contributed by atoms with E-state index in [9.17, 15) is 9.59 Å². The zero-order valence-corrected chi connectivity index (χ0v) is 20.5. The van der Waals surface area contributed by atoms with Crippen molar-refractivity contribution in [1.29, 1.82) is 0 Å². The Hall–Kier alpha value is -2.37. The maximum Gasteiger partial charge on any atom is 0.337 e. The number of nitrogens with zero attached hydrogens (tertiary/aromatic N) is 1. The number of allylic oxidation sites excluding steroid dienone is 2. The van der Waals surface area contributed by atoms with Crippen molar-refractivity contribution in [3.8, 4) is 0 Å². The Kier molecular flexibility index (Phi) is 5.10. The number of hydrogen-bond donors (Lipinski definition) is 0. The number of Topliss-reactive ketones (excluding diaryl/α,β-unsaturated/α-hetero) is 1. The van der Waals surface area contributed by atoms with Crippen LogP contribution in [0.15, 0.2) is 69.5 Å². The average Bonchev–Trinajstić information content (AvgIpc) is 3.10. The number of rotatable bonds is 2. The first kappa shape index (κ1) is 21.5. The van der Waals surface area contributed by atoms with Crippen molar-refractivity contribution in [1.82, 2.24) is 0 Å². The molecule has 2 aromatic rings. The van der Waals surface area contributed by atoms with Gasteiger partial charge in [-0.2, -0.15) is 0 Å². The van der Waals surface area contributed by atoms with Crippen LogP contribution in [0.2, 0.25) is 5.02 Å². The highest BCUT2D eigenvalue weighted by Crippen LogP contribution is 2.52. The summed E-state index contributed by atoms with van der Waals surface area (Å²) in [5.41, 5.74) is 5.54. The highest BCUT2D eigenvalue weighted by Gasteiger charge is 2.49. The molecule has 0 bridgehead atoms. The van der Waals surface area contributed by atoms with Gasteiger partial charge in [0.25, 0.3) is 0 Å². The Bertz CT molecular complexity index is 1230. The number of halogens is 2. The molecule has 5 rings (SSSR count). The smallest absolute Gasteiger partial charge is 0.337 e. The molecule has 0 saturated heterocycles. The van der Waals surface area contributed by atoms with Crippen LogP contribution in [0.3, 0.4) is 0 Å². The van der Waals surface area contributed by atoms with E-state index in [0.29, 0.717) is 22.6 Å². The number of benzene rings is 2. The Morgan fingerprint density at radius 2 is 1.75 bits per heavy atom. The number of carbonyl (C=O) groups is 2. The van der Waals surface area contributed by atoms with Gasteiger partial charge in [0.05, 0.1) is 11.3 Å². The number of ketones is 1. The third-order valence-electron chi connectivity index (χ3n) is 6.50. The third-order valence-corrected chi connectivity index (χ3v) is 7.44. The minimum atomic E-state index is -0.427. The molecule has 1 aliphatic carbocycles. The molecule has 2 aromatic carbocycles. The van der Waals surface area contributed by atoms with Gasteiger partial charge in [-0.05, 0) is 54.2 Å². The second kappa shape index (κ2) is 7.60. The second-order valence-electron chi connectivity index (χ2n) is 9.49. The second-order valence-corrected chi connectivity index (χ2v) is 10.8. The summed E-state index contributed by atoms with van der Waals surface area (Å²) < 4.78 is 6.49. The lowest BCUT2D eigenvalue weighted by Crippen LogP contribution is -2.40. The highest BCUT2D eigenvalue weighted by molar-refractivity contribution is 9.10. The normalized spacial score (nSPS) is 22.2. The van der Waals surface area contributed by atoms with Crippen LogP contribution < -0.4 is 4.90 Å². The van der Waals surface area contributed by atoms with Crippen LogP contribution >= 0.6 is 27.5 Å². The van der Waals surface area contributed by atoms with Crippen LogP contribution in [-0.2, 0) is 14.3 Å². The summed E-state index contributed by atoms with van der Waals surface area (Å²) in [6.45, 7) is 6.36.